The maximum Gasteiger partial charge on any atom is 0.350 e. The molecule has 6 aliphatic carbocycles. The predicted octanol–water partition coefficient (Wildman–Crippen LogP) is 5.79. The fourth-order valence-electron chi connectivity index (χ4n) is 21.2. The fourth-order valence-corrected chi connectivity index (χ4v) is 21.2. The minimum atomic E-state index is -1.89. The number of amides is 4. The molecule has 4 bridgehead atoms. The number of aliphatic hydroxyl groups is 8. The monoisotopic (exact) mass is 2690 g/mol. The van der Waals surface area contributed by atoms with E-state index in [9.17, 15) is 88.8 Å². The Morgan fingerprint density at radius 2 is 0.758 bits per heavy atom. The summed E-state index contributed by atoms with van der Waals surface area (Å²) in [6.45, 7) is 23.6. The van der Waals surface area contributed by atoms with Gasteiger partial charge in [-0.2, -0.15) is 0 Å². The smallest absolute Gasteiger partial charge is 0.350 e. The van der Waals surface area contributed by atoms with Gasteiger partial charge in [0, 0.05) is 275 Å². The van der Waals surface area contributed by atoms with E-state index in [1.165, 1.54) is 13.8 Å². The SMILES string of the molecule is CCCOCCOCCNC(=O)CCC(=O)OC(C(=O)OC1CC2(O)C(C)C3[C@]4(O)COC4CC(O)[C@@]3(C)C(=O)C(O)C(=C1C)C2(C)C)C(NC(=O)c1ccccc1)c1ccccc1.CCCOCCOCCNC(=O)CCC(=O)OC(C(=O)OC1CC2(O)C(C)C3[C@]4(O)COC4CC(O)[C@@]3(C)C(=O)C(O)C(=C1C)C2(C)C)C(NC(=O)c1ccccc1)c1ccccc1.[Ac].[Ac].[Ac].[Ac]. The van der Waals surface area contributed by atoms with Crippen LogP contribution >= 0.6 is 0 Å². The van der Waals surface area contributed by atoms with E-state index < -0.39 is 213 Å². The van der Waals surface area contributed by atoms with Crippen molar-refractivity contribution >= 4 is 59.1 Å². The first-order chi connectivity index (χ1) is 60.6. The van der Waals surface area contributed by atoms with Gasteiger partial charge in [0.2, 0.25) is 24.0 Å². The third kappa shape index (κ3) is 24.3. The molecule has 4 saturated carbocycles. The molecule has 4 amide bonds. The van der Waals surface area contributed by atoms with Crippen LogP contribution < -0.4 is 21.3 Å². The summed E-state index contributed by atoms with van der Waals surface area (Å²) >= 11 is 0. The van der Waals surface area contributed by atoms with E-state index in [1.807, 2.05) is 13.8 Å². The van der Waals surface area contributed by atoms with Crippen LogP contribution in [0.25, 0.3) is 0 Å². The van der Waals surface area contributed by atoms with Gasteiger partial charge in [0.25, 0.3) is 11.8 Å². The Balaban J connectivity index is 0.000000350. The standard InChI is InChI=1S/2C48H64N2O14.4Ac/c2*1-7-21-60-23-24-61-22-20-49-35(52)18-19-36(53)64-40(38(30-14-10-8-11-15-30)50-43(56)31-16-12-9-13-17-31)44(57)63-32-26-48(59)29(3)41-46(6,33(51)25-34-47(41,58)27-62-34)42(55)39(54)37(28(32)2)45(48,4)5;;;;/h2*8-17,29,32-34,38-41,51,54,58-59H,7,18-27H2,1-6H3,(H,49,52)(H,50,56);;;;/t2*29?,32?,33?,34?,38?,39?,40?,41?,46-,47+,48?;;;;/m11..../s1. The van der Waals surface area contributed by atoms with Crippen LogP contribution in [0.5, 0.6) is 0 Å². The largest absolute Gasteiger partial charge is 0.455 e. The Labute approximate surface area is 914 Å². The Bertz CT molecular complexity index is 4400. The van der Waals surface area contributed by atoms with E-state index in [0.29, 0.717) is 50.8 Å². The van der Waals surface area contributed by atoms with Gasteiger partial charge in [-0.25, -0.2) is 9.59 Å². The molecular formula is C96H128Ac4N4O28. The Morgan fingerprint density at radius 1 is 0.447 bits per heavy atom. The molecule has 4 radical (unpaired) electrons. The summed E-state index contributed by atoms with van der Waals surface area (Å²) in [5.74, 6) is -11.9. The third-order valence-corrected chi connectivity index (χ3v) is 28.5. The van der Waals surface area contributed by atoms with Crippen LogP contribution in [0.2, 0.25) is 0 Å². The molecule has 6 fully saturated rings. The van der Waals surface area contributed by atoms with Crippen molar-refractivity contribution in [1.29, 1.82) is 0 Å². The van der Waals surface area contributed by atoms with Crippen molar-refractivity contribution in [3.8, 4) is 0 Å². The topological polar surface area (TPSA) is 473 Å². The van der Waals surface area contributed by atoms with Gasteiger partial charge in [0.15, 0.2) is 11.6 Å². The average molecular weight is 2690 g/mol. The molecule has 2 heterocycles. The number of ketones is 2. The molecule has 12 rings (SSSR count). The zero-order chi connectivity index (χ0) is 93.2. The van der Waals surface area contributed by atoms with Gasteiger partial charge in [-0.1, -0.05) is 152 Å². The first kappa shape index (κ1) is 116. The molecular weight excluding hydrogens is 2570 g/mol. The molecule has 22 atom stereocenters. The second-order valence-corrected chi connectivity index (χ2v) is 36.7. The molecule has 2 aliphatic heterocycles. The third-order valence-electron chi connectivity index (χ3n) is 28.5. The van der Waals surface area contributed by atoms with Gasteiger partial charge in [0.05, 0.1) is 112 Å². The van der Waals surface area contributed by atoms with E-state index in [-0.39, 0.29) is 288 Å². The summed E-state index contributed by atoms with van der Waals surface area (Å²) in [6.07, 6.45) is -14.7. The zero-order valence-electron chi connectivity index (χ0n) is 77.4. The molecule has 0 aromatic heterocycles. The Hall–Kier alpha value is -3.33. The minimum Gasteiger partial charge on any atom is -0.455 e. The number of ether oxygens (including phenoxy) is 10. The van der Waals surface area contributed by atoms with Crippen LogP contribution in [-0.4, -0.2) is 263 Å². The summed E-state index contributed by atoms with van der Waals surface area (Å²) in [5.41, 5.74) is -11.1. The van der Waals surface area contributed by atoms with Crippen LogP contribution in [0.4, 0.5) is 0 Å². The molecule has 712 valence electrons. The van der Waals surface area contributed by atoms with Crippen molar-refractivity contribution in [3.05, 3.63) is 166 Å². The first-order valence-electron chi connectivity index (χ1n) is 44.5. The first-order valence-corrected chi connectivity index (χ1v) is 44.5. The molecule has 4 aromatic carbocycles. The van der Waals surface area contributed by atoms with Gasteiger partial charge in [-0.05, 0) is 110 Å². The summed E-state index contributed by atoms with van der Waals surface area (Å²) in [4.78, 5) is 139. The van der Waals surface area contributed by atoms with Gasteiger partial charge in [-0.3, -0.25) is 38.4 Å². The van der Waals surface area contributed by atoms with Crippen molar-refractivity contribution < 1.29 is 312 Å². The second-order valence-electron chi connectivity index (χ2n) is 36.7. The van der Waals surface area contributed by atoms with E-state index in [2.05, 4.69) is 21.3 Å². The number of carbonyl (C=O) groups excluding carboxylic acids is 10. The molecule has 0 spiro atoms. The number of esters is 4. The normalized spacial score (nSPS) is 30.5. The molecule has 36 heteroatoms. The minimum absolute atomic E-state index is 0. The molecule has 8 aliphatic rings. The van der Waals surface area contributed by atoms with E-state index in [1.54, 1.807) is 177 Å². The number of benzene rings is 4. The number of aliphatic hydroxyl groups excluding tert-OH is 4. The van der Waals surface area contributed by atoms with E-state index in [0.717, 1.165) is 12.8 Å². The number of nitrogens with one attached hydrogen (secondary N) is 4. The van der Waals surface area contributed by atoms with Crippen molar-refractivity contribution in [2.45, 2.75) is 243 Å². The van der Waals surface area contributed by atoms with Crippen LogP contribution in [0.3, 0.4) is 0 Å². The van der Waals surface area contributed by atoms with E-state index >= 15 is 0 Å². The van der Waals surface area contributed by atoms with Crippen molar-refractivity contribution in [2.75, 3.05) is 79.2 Å². The van der Waals surface area contributed by atoms with Gasteiger partial charge in [-0.15, -0.1) is 0 Å². The van der Waals surface area contributed by atoms with Gasteiger partial charge >= 0.3 is 23.9 Å². The molecule has 18 unspecified atom stereocenters. The Kier molecular flexibility index (Phi) is 43.7. The fraction of sp³-hybridized carbons (Fsp3) is 0.604. The van der Waals surface area contributed by atoms with Gasteiger partial charge < -0.3 is 109 Å². The quantitative estimate of drug-likeness (QED) is 0.0111. The number of fused-ring (bicyclic) bond motifs is 10. The van der Waals surface area contributed by atoms with Crippen molar-refractivity contribution in [2.24, 2.45) is 45.3 Å². The number of hydrogen-bond donors (Lipinski definition) is 12. The molecule has 2 saturated heterocycles. The van der Waals surface area contributed by atoms with Gasteiger partial charge in [0.1, 0.15) is 47.7 Å². The Morgan fingerprint density at radius 3 is 1.06 bits per heavy atom. The average Bonchev–Trinajstić information content (AvgIpc) is 0.678. The predicted molar refractivity (Wildman–Crippen MR) is 460 cm³/mol. The molecule has 4 aromatic rings. The zero-order valence-corrected chi connectivity index (χ0v) is 96.4. The summed E-state index contributed by atoms with van der Waals surface area (Å²) in [6, 6.07) is 30.4. The van der Waals surface area contributed by atoms with Crippen LogP contribution in [0.15, 0.2) is 144 Å². The van der Waals surface area contributed by atoms with Crippen molar-refractivity contribution in [3.63, 3.8) is 0 Å². The summed E-state index contributed by atoms with van der Waals surface area (Å²) in [5, 5.41) is 109. The summed E-state index contributed by atoms with van der Waals surface area (Å²) in [7, 11) is 0. The molecule has 132 heavy (non-hydrogen) atoms. The number of rotatable bonds is 36. The molecule has 32 nitrogen and oxygen atoms in total. The maximum atomic E-state index is 14.8. The maximum absolute atomic E-state index is 14.8. The van der Waals surface area contributed by atoms with Crippen LogP contribution in [-0.2, 0) is 85.7 Å². The number of Topliss-reactive ketones (excluding diaryl/α,β-unsaturated/α-hetero) is 2. The summed E-state index contributed by atoms with van der Waals surface area (Å²) < 4.78 is 57.2. The van der Waals surface area contributed by atoms with Crippen molar-refractivity contribution in [1.82, 2.24) is 21.3 Å². The second kappa shape index (κ2) is 49.9. The van der Waals surface area contributed by atoms with Crippen LogP contribution in [0, 0.1) is 222 Å². The molecule has 12 N–H and O–H groups in total. The number of carbonyl (C=O) groups is 10. The van der Waals surface area contributed by atoms with Crippen LogP contribution in [0.1, 0.15) is 191 Å². The number of hydrogen-bond acceptors (Lipinski definition) is 28. The van der Waals surface area contributed by atoms with E-state index in [4.69, 9.17) is 47.4 Å².